The van der Waals surface area contributed by atoms with E-state index in [4.69, 9.17) is 23.7 Å². The molecule has 17 heteroatoms. The lowest BCUT2D eigenvalue weighted by Crippen LogP contribution is -2.73. The van der Waals surface area contributed by atoms with Crippen molar-refractivity contribution in [3.63, 3.8) is 0 Å². The van der Waals surface area contributed by atoms with Gasteiger partial charge >= 0.3 is 5.97 Å². The summed E-state index contributed by atoms with van der Waals surface area (Å²) in [6.45, 7) is 3.05. The van der Waals surface area contributed by atoms with Crippen molar-refractivity contribution in [1.29, 1.82) is 0 Å². The van der Waals surface area contributed by atoms with Gasteiger partial charge in [-0.05, 0) is 36.6 Å². The van der Waals surface area contributed by atoms with Gasteiger partial charge in [-0.3, -0.25) is 24.2 Å². The quantitative estimate of drug-likeness (QED) is 0.159. The van der Waals surface area contributed by atoms with E-state index in [0.717, 1.165) is 26.4 Å². The van der Waals surface area contributed by atoms with E-state index in [1.54, 1.807) is 6.92 Å². The fourth-order valence-electron chi connectivity index (χ4n) is 8.24. The number of aromatic hydroxyl groups is 2. The minimum atomic E-state index is -3.30. The Morgan fingerprint density at radius 3 is 2.25 bits per heavy atom. The molecule has 8 atom stereocenters. The molecular formula is C36H38N2O15. The number of methoxy groups -OCH3 is 4. The number of phenols is 2. The molecule has 6 N–H and O–H groups in total. The van der Waals surface area contributed by atoms with E-state index in [0.29, 0.717) is 0 Å². The van der Waals surface area contributed by atoms with Crippen LogP contribution >= 0.6 is 0 Å². The summed E-state index contributed by atoms with van der Waals surface area (Å²) in [6, 6.07) is 0.840. The van der Waals surface area contributed by atoms with Crippen LogP contribution in [-0.2, 0) is 35.7 Å². The molecule has 53 heavy (non-hydrogen) atoms. The molecule has 1 heterocycles. The zero-order valence-electron chi connectivity index (χ0n) is 29.7. The molecule has 1 unspecified atom stereocenters. The summed E-state index contributed by atoms with van der Waals surface area (Å²) in [5, 5.41) is 61.2. The molecule has 2 aromatic rings. The number of phenolic OH excluding ortho intramolecular Hbond substituents is 2. The predicted octanol–water partition coefficient (Wildman–Crippen LogP) is -0.201. The van der Waals surface area contributed by atoms with Crippen LogP contribution in [0.25, 0.3) is 0 Å². The molecule has 0 radical (unpaired) electrons. The van der Waals surface area contributed by atoms with E-state index >= 15 is 0 Å². The van der Waals surface area contributed by atoms with Crippen molar-refractivity contribution in [2.45, 2.75) is 68.2 Å². The maximum Gasteiger partial charge on any atom is 0.341 e. The van der Waals surface area contributed by atoms with Gasteiger partial charge in [0.15, 0.2) is 23.2 Å². The lowest BCUT2D eigenvalue weighted by atomic mass is 9.56. The van der Waals surface area contributed by atoms with Crippen LogP contribution in [0.2, 0.25) is 0 Å². The van der Waals surface area contributed by atoms with E-state index < -0.39 is 128 Å². The van der Waals surface area contributed by atoms with Gasteiger partial charge in [-0.15, -0.1) is 0 Å². The second-order valence-electron chi connectivity index (χ2n) is 13.1. The largest absolute Gasteiger partial charge is 0.507 e. The minimum absolute atomic E-state index is 0.0549. The molecule has 0 saturated carbocycles. The Kier molecular flexibility index (Phi) is 9.43. The van der Waals surface area contributed by atoms with Gasteiger partial charge in [0.2, 0.25) is 17.3 Å². The van der Waals surface area contributed by atoms with Crippen LogP contribution in [0.15, 0.2) is 22.8 Å². The topological polar surface area (TPSA) is 257 Å². The number of ketones is 4. The maximum absolute atomic E-state index is 14.8. The second kappa shape index (κ2) is 13.2. The first-order valence-electron chi connectivity index (χ1n) is 16.3. The SMILES string of the molecule is C/N=C/c1c(C)c(C(=O)OC)c(O)c2c1C[C@@H](O)[C@@]1(OC)C(=O)c3c(cc4c(c3O)C(=O)C=C(NC3O[C@@H](C)[C@H](OC)[C@@H](O)[C@H]3OC)C4=O)C(=O)[C@@]21O. The molecule has 4 aliphatic rings. The molecule has 0 amide bonds. The van der Waals surface area contributed by atoms with Crippen LogP contribution in [-0.4, -0.2) is 139 Å². The first-order chi connectivity index (χ1) is 25.0. The summed E-state index contributed by atoms with van der Waals surface area (Å²) in [5.41, 5.74) is -10.4. The lowest BCUT2D eigenvalue weighted by molar-refractivity contribution is -0.236. The number of aliphatic hydroxyl groups is 3. The zero-order chi connectivity index (χ0) is 39.1. The Labute approximate surface area is 301 Å². The molecule has 1 fully saturated rings. The molecule has 1 saturated heterocycles. The number of benzene rings is 2. The molecule has 0 spiro atoms. The van der Waals surface area contributed by atoms with Gasteiger partial charge in [0, 0.05) is 63.8 Å². The number of fused-ring (bicyclic) bond motifs is 5. The van der Waals surface area contributed by atoms with Gasteiger partial charge in [-0.25, -0.2) is 4.79 Å². The maximum atomic E-state index is 14.8. The molecule has 0 bridgehead atoms. The van der Waals surface area contributed by atoms with Crippen LogP contribution < -0.4 is 5.32 Å². The second-order valence-corrected chi connectivity index (χ2v) is 13.1. The predicted molar refractivity (Wildman–Crippen MR) is 180 cm³/mol. The number of aliphatic imine (C=N–C) groups is 1. The molecule has 2 aromatic carbocycles. The van der Waals surface area contributed by atoms with E-state index in [1.807, 2.05) is 0 Å². The van der Waals surface area contributed by atoms with E-state index in [2.05, 4.69) is 10.3 Å². The summed E-state index contributed by atoms with van der Waals surface area (Å²) in [6.07, 6.45) is -5.48. The van der Waals surface area contributed by atoms with Crippen LogP contribution in [0.4, 0.5) is 0 Å². The van der Waals surface area contributed by atoms with Crippen molar-refractivity contribution >= 4 is 35.3 Å². The third-order valence-corrected chi connectivity index (χ3v) is 10.7. The number of carbonyl (C=O) groups is 5. The zero-order valence-corrected chi connectivity index (χ0v) is 29.7. The normalized spacial score (nSPS) is 30.7. The number of hydrogen-bond acceptors (Lipinski definition) is 17. The van der Waals surface area contributed by atoms with Crippen molar-refractivity contribution in [3.8, 4) is 11.5 Å². The number of carbonyl (C=O) groups excluding carboxylic acids is 5. The number of rotatable bonds is 7. The first kappa shape index (κ1) is 37.9. The highest BCUT2D eigenvalue weighted by Crippen LogP contribution is 2.57. The summed E-state index contributed by atoms with van der Waals surface area (Å²) in [7, 11) is 6.00. The van der Waals surface area contributed by atoms with Crippen molar-refractivity contribution in [2.75, 3.05) is 35.5 Å². The van der Waals surface area contributed by atoms with Crippen molar-refractivity contribution in [3.05, 3.63) is 67.9 Å². The summed E-state index contributed by atoms with van der Waals surface area (Å²) < 4.78 is 27.0. The lowest BCUT2D eigenvalue weighted by Gasteiger charge is -2.53. The number of esters is 1. The van der Waals surface area contributed by atoms with Crippen LogP contribution in [0.5, 0.6) is 11.5 Å². The van der Waals surface area contributed by atoms with Gasteiger partial charge in [0.1, 0.15) is 35.4 Å². The number of aliphatic hydroxyl groups excluding tert-OH is 2. The highest BCUT2D eigenvalue weighted by molar-refractivity contribution is 6.31. The van der Waals surface area contributed by atoms with Gasteiger partial charge in [-0.1, -0.05) is 0 Å². The molecule has 1 aliphatic heterocycles. The third kappa shape index (κ3) is 4.89. The number of allylic oxidation sites excluding steroid dienone is 2. The Morgan fingerprint density at radius 1 is 1.00 bits per heavy atom. The molecule has 0 aromatic heterocycles. The summed E-state index contributed by atoms with van der Waals surface area (Å²) >= 11 is 0. The monoisotopic (exact) mass is 738 g/mol. The molecular weight excluding hydrogens is 700 g/mol. The van der Waals surface area contributed by atoms with Gasteiger partial charge in [0.05, 0.1) is 36.1 Å². The first-order valence-corrected chi connectivity index (χ1v) is 16.3. The number of hydrogen-bond donors (Lipinski definition) is 6. The van der Waals surface area contributed by atoms with Crippen LogP contribution in [0.3, 0.4) is 0 Å². The van der Waals surface area contributed by atoms with Crippen LogP contribution in [0, 0.1) is 6.92 Å². The van der Waals surface area contributed by atoms with Gasteiger partial charge in [0.25, 0.3) is 0 Å². The van der Waals surface area contributed by atoms with Gasteiger partial charge < -0.3 is 54.5 Å². The standard InChI is InChI=1S/C36H38N2O15/c1-12-17(11-37-3)14-9-20(40)36(52-7)32(46)23-16(31(45)35(36,48)24(14)27(43)21(12)34(47)51-6)8-15-22(26(23)42)19(39)10-18(25(15)41)38-33-30(50-5)28(44)29(49-4)13(2)53-33/h8,10-11,13,20,28-30,33,38,40,42-44,48H,9H2,1-7H3/b37-11+/t13-,20+,28+,29-,30+,33?,35-,36+/m0/s1. The molecule has 3 aliphatic carbocycles. The smallest absolute Gasteiger partial charge is 0.341 e. The van der Waals surface area contributed by atoms with Crippen LogP contribution in [0.1, 0.15) is 81.0 Å². The molecule has 17 nitrogen and oxygen atoms in total. The number of nitrogens with one attached hydrogen (secondary N) is 1. The highest BCUT2D eigenvalue weighted by atomic mass is 16.6. The Morgan fingerprint density at radius 2 is 1.66 bits per heavy atom. The summed E-state index contributed by atoms with van der Waals surface area (Å²) in [4.78, 5) is 74.0. The molecule has 282 valence electrons. The van der Waals surface area contributed by atoms with E-state index in [1.165, 1.54) is 34.4 Å². The highest BCUT2D eigenvalue weighted by Gasteiger charge is 2.73. The Bertz CT molecular complexity index is 2060. The average Bonchev–Trinajstić information content (AvgIpc) is 3.11. The minimum Gasteiger partial charge on any atom is -0.507 e. The number of Topliss-reactive ketones (excluding diaryl/α,β-unsaturated/α-hetero) is 3. The van der Waals surface area contributed by atoms with Crippen molar-refractivity contribution < 1.29 is 73.2 Å². The van der Waals surface area contributed by atoms with E-state index in [-0.39, 0.29) is 22.4 Å². The molecule has 6 rings (SSSR count). The Balaban J connectivity index is 1.56. The Hall–Kier alpha value is -4.88. The number of nitrogens with zero attached hydrogens (tertiary/aromatic N) is 1. The van der Waals surface area contributed by atoms with E-state index in [9.17, 15) is 49.5 Å². The fraction of sp³-hybridized carbons (Fsp3) is 0.444. The number of ether oxygens (including phenoxy) is 5. The van der Waals surface area contributed by atoms with Gasteiger partial charge in [-0.2, -0.15) is 0 Å². The fourth-order valence-corrected chi connectivity index (χ4v) is 8.24. The third-order valence-electron chi connectivity index (χ3n) is 10.7. The summed E-state index contributed by atoms with van der Waals surface area (Å²) in [5.74, 6) is -7.84. The van der Waals surface area contributed by atoms with Crippen molar-refractivity contribution in [2.24, 2.45) is 4.99 Å². The van der Waals surface area contributed by atoms with Crippen molar-refractivity contribution in [1.82, 2.24) is 5.32 Å². The average molecular weight is 739 g/mol.